The molecule has 3 aromatic rings. The second-order valence-electron chi connectivity index (χ2n) is 7.98. The molecule has 9 heteroatoms. The summed E-state index contributed by atoms with van der Waals surface area (Å²) in [6.07, 6.45) is 4.91. The summed E-state index contributed by atoms with van der Waals surface area (Å²) in [5, 5.41) is 10.8. The van der Waals surface area contributed by atoms with Gasteiger partial charge in [-0.1, -0.05) is 11.3 Å². The molecule has 0 unspecified atom stereocenters. The molecule has 0 saturated carbocycles. The Morgan fingerprint density at radius 1 is 1.20 bits per heavy atom. The topological polar surface area (TPSA) is 71.9 Å². The molecule has 0 N–H and O–H groups in total. The Labute approximate surface area is 177 Å². The minimum atomic E-state index is -2.70. The van der Waals surface area contributed by atoms with Crippen molar-refractivity contribution in [1.29, 1.82) is 0 Å². The molecule has 4 heterocycles. The Balaban J connectivity index is 1.43. The quantitative estimate of drug-likeness (QED) is 0.589. The smallest absolute Gasteiger partial charge is 0.257 e. The predicted molar refractivity (Wildman–Crippen MR) is 112 cm³/mol. The van der Waals surface area contributed by atoms with Crippen LogP contribution in [0.3, 0.4) is 0 Å². The second-order valence-corrected chi connectivity index (χ2v) is 9.16. The van der Waals surface area contributed by atoms with Gasteiger partial charge in [-0.15, -0.1) is 10.2 Å². The molecule has 0 aromatic carbocycles. The number of carbonyl (C=O) groups is 1. The van der Waals surface area contributed by atoms with Gasteiger partial charge in [0, 0.05) is 42.1 Å². The summed E-state index contributed by atoms with van der Waals surface area (Å²) in [4.78, 5) is 23.3. The molecule has 1 aliphatic heterocycles. The van der Waals surface area contributed by atoms with Gasteiger partial charge in [0.25, 0.3) is 5.92 Å². The highest BCUT2D eigenvalue weighted by molar-refractivity contribution is 7.14. The van der Waals surface area contributed by atoms with E-state index in [0.29, 0.717) is 31.6 Å². The Morgan fingerprint density at radius 3 is 2.63 bits per heavy atom. The van der Waals surface area contributed by atoms with Gasteiger partial charge >= 0.3 is 0 Å². The van der Waals surface area contributed by atoms with Crippen molar-refractivity contribution in [2.24, 2.45) is 5.92 Å². The first-order valence-corrected chi connectivity index (χ1v) is 10.8. The number of hydrogen-bond acceptors (Lipinski definition) is 7. The van der Waals surface area contributed by atoms with E-state index in [-0.39, 0.29) is 24.7 Å². The summed E-state index contributed by atoms with van der Waals surface area (Å²) in [7, 11) is 0. The lowest BCUT2D eigenvalue weighted by molar-refractivity contribution is -0.124. The molecule has 1 fully saturated rings. The number of nitrogens with zero attached hydrogens (tertiary/aromatic N) is 5. The largest absolute Gasteiger partial charge is 0.299 e. The predicted octanol–water partition coefficient (Wildman–Crippen LogP) is 3.94. The zero-order valence-corrected chi connectivity index (χ0v) is 17.8. The van der Waals surface area contributed by atoms with E-state index in [1.807, 2.05) is 19.1 Å². The Kier molecular flexibility index (Phi) is 5.84. The molecular formula is C21H23F2N5OS. The van der Waals surface area contributed by atoms with E-state index in [0.717, 1.165) is 33.4 Å². The van der Waals surface area contributed by atoms with Crippen LogP contribution in [0.5, 0.6) is 0 Å². The van der Waals surface area contributed by atoms with Gasteiger partial charge in [0.05, 0.1) is 18.3 Å². The molecule has 0 bridgehead atoms. The van der Waals surface area contributed by atoms with E-state index in [1.165, 1.54) is 11.3 Å². The lowest BCUT2D eigenvalue weighted by atomic mass is 9.90. The number of halogens is 2. The first-order chi connectivity index (χ1) is 14.3. The number of aromatic nitrogens is 4. The summed E-state index contributed by atoms with van der Waals surface area (Å²) < 4.78 is 26.4. The van der Waals surface area contributed by atoms with Crippen molar-refractivity contribution < 1.29 is 13.6 Å². The highest BCUT2D eigenvalue weighted by atomic mass is 32.1. The van der Waals surface area contributed by atoms with Crippen molar-refractivity contribution >= 4 is 28.0 Å². The number of pyridine rings is 2. The third-order valence-corrected chi connectivity index (χ3v) is 6.18. The second kappa shape index (κ2) is 8.39. The standard InChI is InChI=1S/C21H23F2N5OS/c1-13-26-27-20(30-13)16-7-15-8-17(24-11-18(15)25-10-16)9-19(29)14-3-5-28(6-4-14)12-21(2,22)23/h7-8,10-11,14H,3-6,9,12H2,1-2H3. The van der Waals surface area contributed by atoms with E-state index >= 15 is 0 Å². The fourth-order valence-electron chi connectivity index (χ4n) is 3.83. The maximum atomic E-state index is 13.2. The Hall–Kier alpha value is -2.39. The number of carbonyl (C=O) groups excluding carboxylic acids is 1. The van der Waals surface area contributed by atoms with E-state index < -0.39 is 5.92 Å². The first kappa shape index (κ1) is 20.9. The van der Waals surface area contributed by atoms with Crippen molar-refractivity contribution in [1.82, 2.24) is 25.1 Å². The van der Waals surface area contributed by atoms with Crippen LogP contribution < -0.4 is 0 Å². The normalized spacial score (nSPS) is 16.3. The molecule has 3 aromatic heterocycles. The number of Topliss-reactive ketones (excluding diaryl/α,β-unsaturated/α-hetero) is 1. The van der Waals surface area contributed by atoms with Crippen molar-refractivity contribution in [3.05, 3.63) is 35.2 Å². The molecule has 30 heavy (non-hydrogen) atoms. The molecule has 0 spiro atoms. The van der Waals surface area contributed by atoms with Crippen molar-refractivity contribution in [2.45, 2.75) is 39.0 Å². The molecule has 0 amide bonds. The fourth-order valence-corrected chi connectivity index (χ4v) is 4.50. The van der Waals surface area contributed by atoms with Crippen LogP contribution in [0.15, 0.2) is 24.5 Å². The molecule has 1 aliphatic rings. The summed E-state index contributed by atoms with van der Waals surface area (Å²) in [6, 6.07) is 3.88. The number of fused-ring (bicyclic) bond motifs is 1. The van der Waals surface area contributed by atoms with Crippen molar-refractivity contribution in [3.63, 3.8) is 0 Å². The maximum absolute atomic E-state index is 13.2. The number of hydrogen-bond donors (Lipinski definition) is 0. The van der Waals surface area contributed by atoms with Crippen LogP contribution in [0.4, 0.5) is 8.78 Å². The summed E-state index contributed by atoms with van der Waals surface area (Å²) >= 11 is 1.50. The number of piperidine rings is 1. The third kappa shape index (κ3) is 5.02. The Morgan fingerprint density at radius 2 is 1.97 bits per heavy atom. The van der Waals surface area contributed by atoms with Crippen molar-refractivity contribution in [2.75, 3.05) is 19.6 Å². The average Bonchev–Trinajstić information content (AvgIpc) is 3.13. The third-order valence-electron chi connectivity index (χ3n) is 5.30. The SMILES string of the molecule is Cc1nnc(-c2cnc3cnc(CC(=O)C4CCN(CC(C)(F)F)CC4)cc3c2)s1. The molecule has 158 valence electrons. The average molecular weight is 432 g/mol. The summed E-state index contributed by atoms with van der Waals surface area (Å²) in [6.45, 7) is 3.65. The van der Waals surface area contributed by atoms with Gasteiger partial charge in [-0.25, -0.2) is 8.78 Å². The first-order valence-electron chi connectivity index (χ1n) is 9.95. The zero-order chi connectivity index (χ0) is 21.3. The van der Waals surface area contributed by atoms with Gasteiger partial charge in [0.2, 0.25) is 0 Å². The van der Waals surface area contributed by atoms with Crippen LogP contribution in [0.2, 0.25) is 0 Å². The van der Waals surface area contributed by atoms with Crippen LogP contribution in [0, 0.1) is 12.8 Å². The molecule has 6 nitrogen and oxygen atoms in total. The highest BCUT2D eigenvalue weighted by Gasteiger charge is 2.30. The molecule has 1 saturated heterocycles. The highest BCUT2D eigenvalue weighted by Crippen LogP contribution is 2.26. The van der Waals surface area contributed by atoms with Gasteiger partial charge in [0.1, 0.15) is 15.8 Å². The van der Waals surface area contributed by atoms with Gasteiger partial charge in [-0.3, -0.25) is 19.7 Å². The number of ketones is 1. The number of likely N-dealkylation sites (tertiary alicyclic amines) is 1. The fraction of sp³-hybridized carbons (Fsp3) is 0.476. The van der Waals surface area contributed by atoms with Gasteiger partial charge in [-0.05, 0) is 45.0 Å². The molecule has 4 rings (SSSR count). The maximum Gasteiger partial charge on any atom is 0.257 e. The summed E-state index contributed by atoms with van der Waals surface area (Å²) in [5.41, 5.74) is 2.34. The van der Waals surface area contributed by atoms with Gasteiger partial charge in [0.15, 0.2) is 0 Å². The zero-order valence-electron chi connectivity index (χ0n) is 16.9. The van der Waals surface area contributed by atoms with Crippen LogP contribution in [0.25, 0.3) is 21.5 Å². The number of alkyl halides is 2. The molecule has 0 radical (unpaired) electrons. The lowest BCUT2D eigenvalue weighted by Gasteiger charge is -2.32. The molecule has 0 aliphatic carbocycles. The lowest BCUT2D eigenvalue weighted by Crippen LogP contribution is -2.42. The van der Waals surface area contributed by atoms with Crippen LogP contribution in [-0.4, -0.2) is 56.4 Å². The van der Waals surface area contributed by atoms with Crippen LogP contribution in [0.1, 0.15) is 30.5 Å². The Bertz CT molecular complexity index is 1060. The number of aryl methyl sites for hydroxylation is 1. The van der Waals surface area contributed by atoms with Gasteiger partial charge in [-0.2, -0.15) is 0 Å². The van der Waals surface area contributed by atoms with Crippen LogP contribution in [-0.2, 0) is 11.2 Å². The van der Waals surface area contributed by atoms with Crippen molar-refractivity contribution in [3.8, 4) is 10.6 Å². The van der Waals surface area contributed by atoms with E-state index in [4.69, 9.17) is 0 Å². The van der Waals surface area contributed by atoms with Crippen LogP contribution >= 0.6 is 11.3 Å². The monoisotopic (exact) mass is 431 g/mol. The van der Waals surface area contributed by atoms with E-state index in [9.17, 15) is 13.6 Å². The molecular weight excluding hydrogens is 408 g/mol. The summed E-state index contributed by atoms with van der Waals surface area (Å²) in [5.74, 6) is -2.68. The number of rotatable bonds is 6. The van der Waals surface area contributed by atoms with E-state index in [1.54, 1.807) is 17.3 Å². The molecule has 0 atom stereocenters. The minimum absolute atomic E-state index is 0.0990. The minimum Gasteiger partial charge on any atom is -0.299 e. The van der Waals surface area contributed by atoms with E-state index in [2.05, 4.69) is 20.2 Å². The van der Waals surface area contributed by atoms with Gasteiger partial charge < -0.3 is 0 Å².